The predicted octanol–water partition coefficient (Wildman–Crippen LogP) is -0.682. The molecule has 4 heteroatoms. The minimum atomic E-state index is 0.156. The van der Waals surface area contributed by atoms with E-state index in [9.17, 15) is 4.79 Å². The summed E-state index contributed by atoms with van der Waals surface area (Å²) in [5.41, 5.74) is 0. The van der Waals surface area contributed by atoms with Crippen molar-refractivity contribution in [3.8, 4) is 0 Å². The van der Waals surface area contributed by atoms with Gasteiger partial charge in [0.15, 0.2) is 0 Å². The maximum absolute atomic E-state index is 10.9. The molecule has 1 fully saturated rings. The molecule has 0 aromatic rings. The van der Waals surface area contributed by atoms with Crippen LogP contribution in [0.3, 0.4) is 0 Å². The molecule has 3 N–H and O–H groups in total. The molecule has 1 heterocycles. The Morgan fingerprint density at radius 2 is 2.55 bits per heavy atom. The van der Waals surface area contributed by atoms with Crippen LogP contribution in [-0.2, 0) is 4.79 Å². The molecular formula is C7H15N3O. The largest absolute Gasteiger partial charge is 0.356 e. The van der Waals surface area contributed by atoms with E-state index >= 15 is 0 Å². The first-order valence-electron chi connectivity index (χ1n) is 3.91. The van der Waals surface area contributed by atoms with Crippen molar-refractivity contribution in [2.24, 2.45) is 11.8 Å². The van der Waals surface area contributed by atoms with Gasteiger partial charge in [0.25, 0.3) is 0 Å². The molecule has 4 nitrogen and oxygen atoms in total. The van der Waals surface area contributed by atoms with Crippen molar-refractivity contribution >= 4 is 5.91 Å². The van der Waals surface area contributed by atoms with Crippen molar-refractivity contribution in [1.29, 1.82) is 0 Å². The van der Waals surface area contributed by atoms with Crippen LogP contribution in [0.5, 0.6) is 0 Å². The topological polar surface area (TPSA) is 58.4 Å². The molecule has 1 aliphatic rings. The number of hydrazine groups is 1. The van der Waals surface area contributed by atoms with Gasteiger partial charge in [-0.25, -0.2) is 5.01 Å². The van der Waals surface area contributed by atoms with E-state index in [-0.39, 0.29) is 5.91 Å². The molecule has 1 rings (SSSR count). The SMILES string of the molecule is CN(N)CC1CCNC(=O)C1. The fourth-order valence-corrected chi connectivity index (χ4v) is 1.42. The highest BCUT2D eigenvalue weighted by molar-refractivity contribution is 5.76. The summed E-state index contributed by atoms with van der Waals surface area (Å²) < 4.78 is 0. The molecule has 0 aliphatic carbocycles. The second-order valence-electron chi connectivity index (χ2n) is 3.15. The Hall–Kier alpha value is -0.610. The lowest BCUT2D eigenvalue weighted by molar-refractivity contribution is -0.123. The smallest absolute Gasteiger partial charge is 0.220 e. The van der Waals surface area contributed by atoms with Gasteiger partial charge in [0.1, 0.15) is 0 Å². The number of nitrogens with two attached hydrogens (primary N) is 1. The number of nitrogens with zero attached hydrogens (tertiary/aromatic N) is 1. The normalized spacial score (nSPS) is 25.4. The number of rotatable bonds is 2. The Balaban J connectivity index is 2.28. The molecule has 1 atom stereocenters. The lowest BCUT2D eigenvalue weighted by Crippen LogP contribution is -2.40. The summed E-state index contributed by atoms with van der Waals surface area (Å²) in [5.74, 6) is 6.07. The van der Waals surface area contributed by atoms with Crippen LogP contribution >= 0.6 is 0 Å². The minimum Gasteiger partial charge on any atom is -0.356 e. The third kappa shape index (κ3) is 2.86. The standard InChI is InChI=1S/C7H15N3O/c1-10(8)5-6-2-3-9-7(11)4-6/h6H,2-5,8H2,1H3,(H,9,11). The number of piperidine rings is 1. The van der Waals surface area contributed by atoms with E-state index in [1.807, 2.05) is 7.05 Å². The number of amides is 1. The van der Waals surface area contributed by atoms with E-state index in [4.69, 9.17) is 5.84 Å². The van der Waals surface area contributed by atoms with E-state index < -0.39 is 0 Å². The van der Waals surface area contributed by atoms with Gasteiger partial charge in [-0.3, -0.25) is 10.6 Å². The number of carbonyl (C=O) groups is 1. The number of nitrogens with one attached hydrogen (secondary N) is 1. The Morgan fingerprint density at radius 1 is 1.82 bits per heavy atom. The van der Waals surface area contributed by atoms with E-state index in [1.54, 1.807) is 5.01 Å². The van der Waals surface area contributed by atoms with E-state index in [0.717, 1.165) is 19.5 Å². The average molecular weight is 157 g/mol. The van der Waals surface area contributed by atoms with Gasteiger partial charge in [-0.2, -0.15) is 0 Å². The van der Waals surface area contributed by atoms with Gasteiger partial charge in [0.2, 0.25) is 5.91 Å². The Kier molecular flexibility index (Phi) is 2.84. The van der Waals surface area contributed by atoms with Crippen molar-refractivity contribution in [1.82, 2.24) is 10.3 Å². The Morgan fingerprint density at radius 3 is 3.09 bits per heavy atom. The monoisotopic (exact) mass is 157 g/mol. The highest BCUT2D eigenvalue weighted by Gasteiger charge is 2.18. The highest BCUT2D eigenvalue weighted by Crippen LogP contribution is 2.11. The number of hydrogen-bond donors (Lipinski definition) is 2. The van der Waals surface area contributed by atoms with Gasteiger partial charge in [-0.1, -0.05) is 0 Å². The second kappa shape index (κ2) is 3.69. The van der Waals surface area contributed by atoms with Crippen LogP contribution < -0.4 is 11.2 Å². The third-order valence-electron chi connectivity index (χ3n) is 1.90. The van der Waals surface area contributed by atoms with Crippen molar-refractivity contribution in [3.05, 3.63) is 0 Å². The first-order valence-corrected chi connectivity index (χ1v) is 3.91. The summed E-state index contributed by atoms with van der Waals surface area (Å²) in [6, 6.07) is 0. The maximum atomic E-state index is 10.9. The fraction of sp³-hybridized carbons (Fsp3) is 0.857. The molecule has 0 aromatic carbocycles. The molecule has 0 bridgehead atoms. The zero-order chi connectivity index (χ0) is 8.27. The van der Waals surface area contributed by atoms with Crippen LogP contribution in [-0.4, -0.2) is 31.1 Å². The summed E-state index contributed by atoms with van der Waals surface area (Å²) >= 11 is 0. The number of carbonyl (C=O) groups excluding carboxylic acids is 1. The quantitative estimate of drug-likeness (QED) is 0.412. The van der Waals surface area contributed by atoms with E-state index in [0.29, 0.717) is 12.3 Å². The van der Waals surface area contributed by atoms with Crippen LogP contribution in [0.1, 0.15) is 12.8 Å². The first kappa shape index (κ1) is 8.49. The van der Waals surface area contributed by atoms with Crippen LogP contribution in [0.25, 0.3) is 0 Å². The summed E-state index contributed by atoms with van der Waals surface area (Å²) in [7, 11) is 1.83. The van der Waals surface area contributed by atoms with Gasteiger partial charge in [0, 0.05) is 26.6 Å². The molecule has 1 unspecified atom stereocenters. The van der Waals surface area contributed by atoms with Crippen molar-refractivity contribution in [2.45, 2.75) is 12.8 Å². The minimum absolute atomic E-state index is 0.156. The van der Waals surface area contributed by atoms with Crippen LogP contribution in [0.4, 0.5) is 0 Å². The molecule has 11 heavy (non-hydrogen) atoms. The van der Waals surface area contributed by atoms with Gasteiger partial charge in [0.05, 0.1) is 0 Å². The van der Waals surface area contributed by atoms with Crippen molar-refractivity contribution in [3.63, 3.8) is 0 Å². The van der Waals surface area contributed by atoms with Crippen LogP contribution in [0, 0.1) is 5.92 Å². The molecule has 0 spiro atoms. The van der Waals surface area contributed by atoms with Crippen molar-refractivity contribution < 1.29 is 4.79 Å². The van der Waals surface area contributed by atoms with Crippen LogP contribution in [0.2, 0.25) is 0 Å². The fourth-order valence-electron chi connectivity index (χ4n) is 1.42. The Bertz CT molecular complexity index is 147. The van der Waals surface area contributed by atoms with Crippen molar-refractivity contribution in [2.75, 3.05) is 20.1 Å². The summed E-state index contributed by atoms with van der Waals surface area (Å²) in [4.78, 5) is 10.9. The average Bonchev–Trinajstić information content (AvgIpc) is 1.85. The molecule has 1 saturated heterocycles. The van der Waals surface area contributed by atoms with E-state index in [1.165, 1.54) is 0 Å². The summed E-state index contributed by atoms with van der Waals surface area (Å²) in [5, 5.41) is 4.43. The second-order valence-corrected chi connectivity index (χ2v) is 3.15. The molecule has 1 amide bonds. The van der Waals surface area contributed by atoms with Gasteiger partial charge >= 0.3 is 0 Å². The van der Waals surface area contributed by atoms with Gasteiger partial charge in [-0.05, 0) is 12.3 Å². The molecular weight excluding hydrogens is 142 g/mol. The predicted molar refractivity (Wildman–Crippen MR) is 42.6 cm³/mol. The first-order chi connectivity index (χ1) is 5.18. The molecule has 64 valence electrons. The summed E-state index contributed by atoms with van der Waals surface area (Å²) in [6.07, 6.45) is 1.68. The maximum Gasteiger partial charge on any atom is 0.220 e. The van der Waals surface area contributed by atoms with Gasteiger partial charge in [-0.15, -0.1) is 0 Å². The lowest BCUT2D eigenvalue weighted by atomic mass is 9.98. The molecule has 0 radical (unpaired) electrons. The lowest BCUT2D eigenvalue weighted by Gasteiger charge is -2.24. The van der Waals surface area contributed by atoms with Gasteiger partial charge < -0.3 is 5.32 Å². The zero-order valence-corrected chi connectivity index (χ0v) is 6.84. The molecule has 0 aromatic heterocycles. The number of hydrogen-bond acceptors (Lipinski definition) is 3. The summed E-state index contributed by atoms with van der Waals surface area (Å²) in [6.45, 7) is 1.62. The molecule has 1 aliphatic heterocycles. The van der Waals surface area contributed by atoms with E-state index in [2.05, 4.69) is 5.32 Å². The van der Waals surface area contributed by atoms with Crippen LogP contribution in [0.15, 0.2) is 0 Å². The third-order valence-corrected chi connectivity index (χ3v) is 1.90. The zero-order valence-electron chi connectivity index (χ0n) is 6.84. The molecule has 0 saturated carbocycles. The Labute approximate surface area is 66.7 Å². The highest BCUT2D eigenvalue weighted by atomic mass is 16.1.